The molecule has 4 heterocycles. The Kier molecular flexibility index (Phi) is 11.6. The number of carbonyl (C=O) groups excluding carboxylic acids is 1. The third-order valence-electron chi connectivity index (χ3n) is 7.54. The molecule has 4 aromatic rings. The first-order chi connectivity index (χ1) is 21.7. The van der Waals surface area contributed by atoms with Gasteiger partial charge in [0, 0.05) is 31.9 Å². The average molecular weight is 656 g/mol. The van der Waals surface area contributed by atoms with E-state index in [1.165, 1.54) is 40.0 Å². The van der Waals surface area contributed by atoms with Gasteiger partial charge in [0.15, 0.2) is 0 Å². The van der Waals surface area contributed by atoms with E-state index in [1.54, 1.807) is 14.0 Å². The highest BCUT2D eigenvalue weighted by atomic mass is 32.1. The van der Waals surface area contributed by atoms with Gasteiger partial charge in [0.05, 0.1) is 31.0 Å². The number of hydrogen-bond donors (Lipinski definition) is 2. The Labute approximate surface area is 269 Å². The highest BCUT2D eigenvalue weighted by Gasteiger charge is 2.40. The lowest BCUT2D eigenvalue weighted by molar-refractivity contribution is -0.126. The van der Waals surface area contributed by atoms with Gasteiger partial charge in [-0.15, -0.1) is 4.80 Å². The van der Waals surface area contributed by atoms with Crippen LogP contribution >= 0.6 is 24.2 Å². The first kappa shape index (κ1) is 33.9. The fourth-order valence-corrected chi connectivity index (χ4v) is 6.42. The molecule has 0 spiro atoms. The lowest BCUT2D eigenvalue weighted by Crippen LogP contribution is -2.56. The SMILES string of the molecule is CCCNC(=O)C(C)(C#N)n1c(=O)c2c(C)c(-n3nccn3)sc2n(CCc2ccccc2OC)c1=O.SOC1CCOCC1. The van der Waals surface area contributed by atoms with E-state index in [9.17, 15) is 19.6 Å². The molecule has 1 saturated heterocycles. The van der Waals surface area contributed by atoms with Gasteiger partial charge in [0.2, 0.25) is 5.54 Å². The van der Waals surface area contributed by atoms with Gasteiger partial charge in [-0.05, 0) is 64.1 Å². The number of thiol groups is 1. The lowest BCUT2D eigenvalue weighted by atomic mass is 10.0. The summed E-state index contributed by atoms with van der Waals surface area (Å²) in [5.74, 6) is -0.0433. The van der Waals surface area contributed by atoms with Crippen molar-refractivity contribution in [2.45, 2.75) is 64.6 Å². The number of rotatable bonds is 10. The maximum Gasteiger partial charge on any atom is 0.333 e. The van der Waals surface area contributed by atoms with Gasteiger partial charge in [-0.1, -0.05) is 36.5 Å². The van der Waals surface area contributed by atoms with Crippen LogP contribution in [0.5, 0.6) is 5.75 Å². The third kappa shape index (κ3) is 7.14. The number of aromatic nitrogens is 5. The topological polar surface area (TPSA) is 155 Å². The Morgan fingerprint density at radius 2 is 1.93 bits per heavy atom. The first-order valence-electron chi connectivity index (χ1n) is 14.6. The van der Waals surface area contributed by atoms with Crippen LogP contribution in [0, 0.1) is 18.3 Å². The van der Waals surface area contributed by atoms with E-state index in [4.69, 9.17) is 13.7 Å². The molecule has 0 saturated carbocycles. The van der Waals surface area contributed by atoms with Crippen molar-refractivity contribution in [3.05, 3.63) is 68.6 Å². The van der Waals surface area contributed by atoms with Crippen molar-refractivity contribution >= 4 is 40.4 Å². The second kappa shape index (κ2) is 15.3. The molecular weight excluding hydrogens is 619 g/mol. The van der Waals surface area contributed by atoms with Crippen molar-refractivity contribution in [1.29, 1.82) is 5.26 Å². The van der Waals surface area contributed by atoms with Crippen LogP contribution in [0.2, 0.25) is 0 Å². The van der Waals surface area contributed by atoms with Crippen molar-refractivity contribution in [3.8, 4) is 16.8 Å². The number of amides is 1. The van der Waals surface area contributed by atoms with Crippen LogP contribution in [0.15, 0.2) is 46.2 Å². The second-order valence-corrected chi connectivity index (χ2v) is 11.7. The normalized spacial score (nSPS) is 14.7. The number of ether oxygens (including phenoxy) is 2. The molecule has 3 aromatic heterocycles. The molecule has 1 aliphatic rings. The van der Waals surface area contributed by atoms with Crippen LogP contribution in [0.3, 0.4) is 0 Å². The molecule has 1 atom stereocenters. The molecule has 0 bridgehead atoms. The molecule has 1 aliphatic heterocycles. The second-order valence-electron chi connectivity index (χ2n) is 10.5. The quantitative estimate of drug-likeness (QED) is 0.194. The number of benzene rings is 1. The molecule has 1 unspecified atom stereocenters. The molecule has 240 valence electrons. The zero-order chi connectivity index (χ0) is 32.6. The molecule has 0 aliphatic carbocycles. The molecule has 1 aromatic carbocycles. The smallest absolute Gasteiger partial charge is 0.333 e. The predicted octanol–water partition coefficient (Wildman–Crippen LogP) is 3.16. The van der Waals surface area contributed by atoms with Crippen LogP contribution in [0.4, 0.5) is 0 Å². The van der Waals surface area contributed by atoms with Gasteiger partial charge in [-0.3, -0.25) is 14.2 Å². The van der Waals surface area contributed by atoms with Crippen LogP contribution in [0.1, 0.15) is 44.2 Å². The Hall–Kier alpha value is -3.97. The zero-order valence-corrected chi connectivity index (χ0v) is 27.4. The van der Waals surface area contributed by atoms with E-state index in [0.717, 1.165) is 36.2 Å². The number of aryl methyl sites for hydroxylation is 3. The van der Waals surface area contributed by atoms with Crippen LogP contribution < -0.4 is 21.3 Å². The fourth-order valence-electron chi connectivity index (χ4n) is 4.97. The summed E-state index contributed by atoms with van der Waals surface area (Å²) >= 11 is 4.91. The standard InChI is InChI=1S/C25H27N7O4S.C5H10O2S/c1-5-11-27-23(34)25(3,15-26)31-20(33)19-16(2)21(32-28-12-13-29-32)37-22(19)30(24(31)35)14-10-17-8-6-7-9-18(17)36-4;8-7-5-1-3-6-4-2-5/h6-9,12-13H,5,10-11,14H2,1-4H3,(H,27,34);5,8H,1-4H2. The van der Waals surface area contributed by atoms with E-state index in [2.05, 4.69) is 28.4 Å². The minimum atomic E-state index is -2.05. The number of nitriles is 1. The minimum Gasteiger partial charge on any atom is -0.496 e. The zero-order valence-electron chi connectivity index (χ0n) is 25.7. The largest absolute Gasteiger partial charge is 0.496 e. The Morgan fingerprint density at radius 1 is 1.24 bits per heavy atom. The number of nitrogens with one attached hydrogen (secondary N) is 1. The number of methoxy groups -OCH3 is 1. The molecule has 5 rings (SSSR count). The van der Waals surface area contributed by atoms with E-state index in [0.29, 0.717) is 46.6 Å². The number of para-hydroxylation sites is 1. The molecule has 0 radical (unpaired) electrons. The summed E-state index contributed by atoms with van der Waals surface area (Å²) < 4.78 is 17.6. The summed E-state index contributed by atoms with van der Waals surface area (Å²) in [4.78, 5) is 42.6. The highest BCUT2D eigenvalue weighted by Crippen LogP contribution is 2.31. The molecular formula is C30H37N7O6S2. The molecule has 1 fully saturated rings. The van der Waals surface area contributed by atoms with Crippen molar-refractivity contribution in [1.82, 2.24) is 29.4 Å². The summed E-state index contributed by atoms with van der Waals surface area (Å²) in [6, 6.07) is 9.37. The Bertz CT molecular complexity index is 1770. The van der Waals surface area contributed by atoms with E-state index in [-0.39, 0.29) is 11.9 Å². The van der Waals surface area contributed by atoms with E-state index in [1.807, 2.05) is 37.3 Å². The number of nitrogens with zero attached hydrogens (tertiary/aromatic N) is 6. The summed E-state index contributed by atoms with van der Waals surface area (Å²) in [6.07, 6.45) is 6.38. The summed E-state index contributed by atoms with van der Waals surface area (Å²) in [7, 11) is 1.57. The molecule has 1 amide bonds. The van der Waals surface area contributed by atoms with Crippen molar-refractivity contribution < 1.29 is 18.5 Å². The Balaban J connectivity index is 0.000000501. The first-order valence-corrected chi connectivity index (χ1v) is 15.7. The molecule has 1 N–H and O–H groups in total. The van der Waals surface area contributed by atoms with E-state index >= 15 is 0 Å². The van der Waals surface area contributed by atoms with Crippen LogP contribution in [0.25, 0.3) is 15.2 Å². The van der Waals surface area contributed by atoms with Crippen molar-refractivity contribution in [3.63, 3.8) is 0 Å². The average Bonchev–Trinajstić information content (AvgIpc) is 3.72. The number of carbonyl (C=O) groups is 1. The maximum absolute atomic E-state index is 13.9. The van der Waals surface area contributed by atoms with Gasteiger partial charge < -0.3 is 19.0 Å². The third-order valence-corrected chi connectivity index (χ3v) is 9.12. The number of fused-ring (bicyclic) bond motifs is 1. The fraction of sp³-hybridized carbons (Fsp3) is 0.467. The van der Waals surface area contributed by atoms with Gasteiger partial charge in [-0.25, -0.2) is 9.36 Å². The highest BCUT2D eigenvalue weighted by molar-refractivity contribution is 7.75. The summed E-state index contributed by atoms with van der Waals surface area (Å²) in [5.41, 5.74) is -2.09. The minimum absolute atomic E-state index is 0.181. The molecule has 13 nitrogen and oxygen atoms in total. The maximum atomic E-state index is 13.9. The summed E-state index contributed by atoms with van der Waals surface area (Å²) in [6.45, 7) is 7.03. The summed E-state index contributed by atoms with van der Waals surface area (Å²) in [5, 5.41) is 21.9. The van der Waals surface area contributed by atoms with Crippen molar-refractivity contribution in [2.24, 2.45) is 0 Å². The number of thiophene rings is 1. The molecule has 15 heteroatoms. The number of hydrogen-bond acceptors (Lipinski definition) is 11. The van der Waals surface area contributed by atoms with Crippen LogP contribution in [-0.2, 0) is 32.2 Å². The predicted molar refractivity (Wildman–Crippen MR) is 173 cm³/mol. The van der Waals surface area contributed by atoms with Gasteiger partial charge in [0.25, 0.3) is 11.5 Å². The van der Waals surface area contributed by atoms with Gasteiger partial charge in [-0.2, -0.15) is 15.5 Å². The van der Waals surface area contributed by atoms with E-state index < -0.39 is 22.7 Å². The lowest BCUT2D eigenvalue weighted by Gasteiger charge is -2.24. The monoisotopic (exact) mass is 655 g/mol. The van der Waals surface area contributed by atoms with Crippen molar-refractivity contribution in [2.75, 3.05) is 26.9 Å². The van der Waals surface area contributed by atoms with Gasteiger partial charge >= 0.3 is 5.69 Å². The van der Waals surface area contributed by atoms with Crippen LogP contribution in [-0.4, -0.2) is 63.0 Å². The van der Waals surface area contributed by atoms with Gasteiger partial charge in [0.1, 0.15) is 21.7 Å². The molecule has 45 heavy (non-hydrogen) atoms. The Morgan fingerprint density at radius 3 is 2.53 bits per heavy atom.